The maximum absolute atomic E-state index is 4.48. The van der Waals surface area contributed by atoms with E-state index in [-0.39, 0.29) is 0 Å². The van der Waals surface area contributed by atoms with Crippen LogP contribution in [0.4, 0.5) is 28.8 Å². The number of benzene rings is 2. The Morgan fingerprint density at radius 1 is 0.889 bits per heavy atom. The van der Waals surface area contributed by atoms with Crippen LogP contribution in [-0.2, 0) is 0 Å². The highest BCUT2D eigenvalue weighted by Gasteiger charge is 2.15. The van der Waals surface area contributed by atoms with E-state index in [1.54, 1.807) is 6.20 Å². The number of anilines is 5. The maximum atomic E-state index is 4.48. The van der Waals surface area contributed by atoms with Crippen molar-refractivity contribution in [1.29, 1.82) is 0 Å². The van der Waals surface area contributed by atoms with Crippen LogP contribution in [0.5, 0.6) is 0 Å². The summed E-state index contributed by atoms with van der Waals surface area (Å²) in [6.45, 7) is 4.61. The summed E-state index contributed by atoms with van der Waals surface area (Å²) >= 11 is 0. The maximum Gasteiger partial charge on any atom is 0.249 e. The summed E-state index contributed by atoms with van der Waals surface area (Å²) in [6.07, 6.45) is 4.16. The van der Waals surface area contributed by atoms with E-state index in [9.17, 15) is 0 Å². The predicted molar refractivity (Wildman–Crippen MR) is 110 cm³/mol. The zero-order valence-corrected chi connectivity index (χ0v) is 15.5. The molecule has 4 rings (SSSR count). The smallest absolute Gasteiger partial charge is 0.249 e. The normalized spacial score (nSPS) is 14.8. The molecule has 0 unspecified atom stereocenters. The first-order valence-corrected chi connectivity index (χ1v) is 9.40. The first-order valence-electron chi connectivity index (χ1n) is 9.40. The van der Waals surface area contributed by atoms with E-state index in [0.29, 0.717) is 11.8 Å². The summed E-state index contributed by atoms with van der Waals surface area (Å²) in [6, 6.07) is 18.3. The molecule has 6 nitrogen and oxygen atoms in total. The lowest BCUT2D eigenvalue weighted by Crippen LogP contribution is -2.32. The predicted octanol–water partition coefficient (Wildman–Crippen LogP) is 4.60. The molecule has 1 aromatic heterocycles. The van der Waals surface area contributed by atoms with Crippen molar-refractivity contribution in [2.45, 2.75) is 19.8 Å². The summed E-state index contributed by atoms with van der Waals surface area (Å²) in [4.78, 5) is 6.93. The number of nitrogens with zero attached hydrogens (tertiary/aromatic N) is 4. The van der Waals surface area contributed by atoms with E-state index in [0.717, 1.165) is 30.4 Å². The average molecular weight is 360 g/mol. The van der Waals surface area contributed by atoms with Crippen LogP contribution < -0.4 is 15.5 Å². The second kappa shape index (κ2) is 8.03. The van der Waals surface area contributed by atoms with Crippen LogP contribution in [0.25, 0.3) is 0 Å². The summed E-state index contributed by atoms with van der Waals surface area (Å²) < 4.78 is 0. The molecule has 6 heteroatoms. The monoisotopic (exact) mass is 360 g/mol. The van der Waals surface area contributed by atoms with Crippen LogP contribution in [0.1, 0.15) is 19.8 Å². The molecular formula is C21H24N6. The molecule has 0 aliphatic carbocycles. The zero-order valence-electron chi connectivity index (χ0n) is 15.5. The lowest BCUT2D eigenvalue weighted by molar-refractivity contribution is 0.438. The average Bonchev–Trinajstić information content (AvgIpc) is 2.70. The number of hydrogen-bond donors (Lipinski definition) is 2. The third kappa shape index (κ3) is 4.53. The van der Waals surface area contributed by atoms with E-state index in [1.165, 1.54) is 18.5 Å². The Labute approximate surface area is 159 Å². The van der Waals surface area contributed by atoms with Gasteiger partial charge < -0.3 is 15.5 Å². The van der Waals surface area contributed by atoms with Gasteiger partial charge in [-0.15, -0.1) is 5.10 Å². The van der Waals surface area contributed by atoms with Gasteiger partial charge in [0.1, 0.15) is 0 Å². The van der Waals surface area contributed by atoms with Gasteiger partial charge in [0.15, 0.2) is 5.82 Å². The Kier molecular flexibility index (Phi) is 5.14. The minimum atomic E-state index is 0.463. The van der Waals surface area contributed by atoms with Crippen molar-refractivity contribution < 1.29 is 0 Å². The van der Waals surface area contributed by atoms with Crippen LogP contribution >= 0.6 is 0 Å². The Balaban J connectivity index is 1.41. The van der Waals surface area contributed by atoms with Crippen molar-refractivity contribution in [2.75, 3.05) is 28.6 Å². The van der Waals surface area contributed by atoms with Gasteiger partial charge in [-0.25, -0.2) is 0 Å². The topological polar surface area (TPSA) is 66.0 Å². The first-order chi connectivity index (χ1) is 13.3. The molecule has 0 saturated carbocycles. The van der Waals surface area contributed by atoms with Gasteiger partial charge in [-0.1, -0.05) is 25.1 Å². The lowest BCUT2D eigenvalue weighted by atomic mass is 9.99. The number of nitrogens with one attached hydrogen (secondary N) is 2. The second-order valence-electron chi connectivity index (χ2n) is 7.00. The Morgan fingerprint density at radius 3 is 2.33 bits per heavy atom. The lowest BCUT2D eigenvalue weighted by Gasteiger charge is -2.32. The number of piperidine rings is 1. The third-order valence-electron chi connectivity index (χ3n) is 4.88. The highest BCUT2D eigenvalue weighted by molar-refractivity contribution is 5.61. The van der Waals surface area contributed by atoms with Crippen LogP contribution in [0.3, 0.4) is 0 Å². The molecule has 1 fully saturated rings. The van der Waals surface area contributed by atoms with Gasteiger partial charge in [0.25, 0.3) is 0 Å². The third-order valence-corrected chi connectivity index (χ3v) is 4.88. The molecule has 2 N–H and O–H groups in total. The van der Waals surface area contributed by atoms with Crippen LogP contribution in [-0.4, -0.2) is 28.3 Å². The Bertz CT molecular complexity index is 857. The second-order valence-corrected chi connectivity index (χ2v) is 7.00. The summed E-state index contributed by atoms with van der Waals surface area (Å²) in [7, 11) is 0. The van der Waals surface area contributed by atoms with Gasteiger partial charge in [0.05, 0.1) is 6.20 Å². The first kappa shape index (κ1) is 17.3. The van der Waals surface area contributed by atoms with Crippen LogP contribution in [0, 0.1) is 5.92 Å². The van der Waals surface area contributed by atoms with E-state index in [4.69, 9.17) is 0 Å². The quantitative estimate of drug-likeness (QED) is 0.693. The summed E-state index contributed by atoms with van der Waals surface area (Å²) in [5.41, 5.74) is 3.19. The highest BCUT2D eigenvalue weighted by atomic mass is 15.3. The van der Waals surface area contributed by atoms with Gasteiger partial charge in [-0.05, 0) is 55.2 Å². The Morgan fingerprint density at radius 2 is 1.59 bits per heavy atom. The standard InChI is InChI=1S/C21H24N6/c1-16-11-13-27(14-12-16)19-9-7-18(8-10-19)23-20-15-22-26-21(25-20)24-17-5-3-2-4-6-17/h2-10,15-16H,11-14H2,1H3,(H2,23,24,25,26). The van der Waals surface area contributed by atoms with Gasteiger partial charge in [0.2, 0.25) is 5.95 Å². The molecule has 0 amide bonds. The fourth-order valence-corrected chi connectivity index (χ4v) is 3.24. The number of hydrogen-bond acceptors (Lipinski definition) is 6. The van der Waals surface area contributed by atoms with Crippen LogP contribution in [0.2, 0.25) is 0 Å². The van der Waals surface area contributed by atoms with Gasteiger partial charge in [-0.3, -0.25) is 0 Å². The van der Waals surface area contributed by atoms with Crippen molar-refractivity contribution in [3.05, 3.63) is 60.8 Å². The number of aromatic nitrogens is 3. The molecule has 1 saturated heterocycles. The van der Waals surface area contributed by atoms with Gasteiger partial charge >= 0.3 is 0 Å². The van der Waals surface area contributed by atoms with E-state index >= 15 is 0 Å². The molecule has 3 aromatic rings. The van der Waals surface area contributed by atoms with E-state index < -0.39 is 0 Å². The number of rotatable bonds is 5. The molecule has 27 heavy (non-hydrogen) atoms. The minimum absolute atomic E-state index is 0.463. The number of para-hydroxylation sites is 1. The summed E-state index contributed by atoms with van der Waals surface area (Å²) in [5, 5.41) is 14.5. The molecule has 138 valence electrons. The fraction of sp³-hybridized carbons (Fsp3) is 0.286. The van der Waals surface area contributed by atoms with Crippen LogP contribution in [0.15, 0.2) is 60.8 Å². The largest absolute Gasteiger partial charge is 0.372 e. The van der Waals surface area contributed by atoms with Crippen molar-refractivity contribution in [2.24, 2.45) is 5.92 Å². The molecule has 1 aliphatic heterocycles. The SMILES string of the molecule is CC1CCN(c2ccc(Nc3cnnc(Nc4ccccc4)n3)cc2)CC1. The fourth-order valence-electron chi connectivity index (χ4n) is 3.24. The van der Waals surface area contributed by atoms with Gasteiger partial charge in [0, 0.05) is 30.2 Å². The molecule has 0 atom stereocenters. The molecule has 0 spiro atoms. The molecule has 0 radical (unpaired) electrons. The molecule has 0 bridgehead atoms. The molecule has 2 heterocycles. The van der Waals surface area contributed by atoms with Crippen molar-refractivity contribution in [1.82, 2.24) is 15.2 Å². The zero-order chi connectivity index (χ0) is 18.5. The Hall–Kier alpha value is -3.15. The minimum Gasteiger partial charge on any atom is -0.372 e. The van der Waals surface area contributed by atoms with Gasteiger partial charge in [-0.2, -0.15) is 10.1 Å². The van der Waals surface area contributed by atoms with Crippen molar-refractivity contribution in [3.63, 3.8) is 0 Å². The highest BCUT2D eigenvalue weighted by Crippen LogP contribution is 2.25. The molecule has 1 aliphatic rings. The summed E-state index contributed by atoms with van der Waals surface area (Å²) in [5.74, 6) is 1.96. The molecular weight excluding hydrogens is 336 g/mol. The van der Waals surface area contributed by atoms with E-state index in [2.05, 4.69) is 61.9 Å². The van der Waals surface area contributed by atoms with E-state index in [1.807, 2.05) is 30.3 Å². The molecule has 2 aromatic carbocycles. The van der Waals surface area contributed by atoms with Crippen molar-refractivity contribution >= 4 is 28.8 Å². The van der Waals surface area contributed by atoms with Crippen molar-refractivity contribution in [3.8, 4) is 0 Å².